The summed E-state index contributed by atoms with van der Waals surface area (Å²) >= 11 is 1.47. The Kier molecular flexibility index (Phi) is 4.24. The lowest BCUT2D eigenvalue weighted by molar-refractivity contribution is -0.121. The molecule has 0 spiro atoms. The lowest BCUT2D eigenvalue weighted by atomic mass is 10.1. The molecular weight excluding hydrogens is 250 g/mol. The Morgan fingerprint density at radius 3 is 3.11 bits per heavy atom. The van der Waals surface area contributed by atoms with Crippen LogP contribution in [0.1, 0.15) is 31.7 Å². The van der Waals surface area contributed by atoms with Gasteiger partial charge < -0.3 is 5.32 Å². The van der Waals surface area contributed by atoms with Gasteiger partial charge in [-0.05, 0) is 12.3 Å². The minimum atomic E-state index is 0.0848. The number of aromatic nitrogens is 4. The van der Waals surface area contributed by atoms with Crippen molar-refractivity contribution >= 4 is 22.2 Å². The first-order valence-electron chi connectivity index (χ1n) is 6.07. The van der Waals surface area contributed by atoms with Crippen molar-refractivity contribution in [2.45, 2.75) is 33.1 Å². The van der Waals surface area contributed by atoms with E-state index in [1.165, 1.54) is 11.3 Å². The summed E-state index contributed by atoms with van der Waals surface area (Å²) in [5.41, 5.74) is 0. The number of hydrogen-bond donors (Lipinski definition) is 1. The molecule has 0 aromatic carbocycles. The number of nitrogens with zero attached hydrogens (tertiary/aromatic N) is 4. The largest absolute Gasteiger partial charge is 0.356 e. The number of rotatable bonds is 6. The summed E-state index contributed by atoms with van der Waals surface area (Å²) in [7, 11) is 0. The van der Waals surface area contributed by atoms with Crippen molar-refractivity contribution < 1.29 is 4.79 Å². The SMILES string of the molecule is CC(C)CCNC(=O)CCc1nn2cnnc2s1. The van der Waals surface area contributed by atoms with Gasteiger partial charge in [0.1, 0.15) is 11.3 Å². The summed E-state index contributed by atoms with van der Waals surface area (Å²) < 4.78 is 1.64. The number of carbonyl (C=O) groups is 1. The molecule has 0 saturated carbocycles. The van der Waals surface area contributed by atoms with Crippen molar-refractivity contribution in [2.24, 2.45) is 5.92 Å². The monoisotopic (exact) mass is 267 g/mol. The Bertz CT molecular complexity index is 490. The topological polar surface area (TPSA) is 72.2 Å². The molecule has 2 heterocycles. The van der Waals surface area contributed by atoms with Crippen LogP contribution in [0.5, 0.6) is 0 Å². The van der Waals surface area contributed by atoms with Crippen LogP contribution < -0.4 is 5.32 Å². The van der Waals surface area contributed by atoms with E-state index in [-0.39, 0.29) is 5.91 Å². The Morgan fingerprint density at radius 1 is 1.56 bits per heavy atom. The predicted octanol–water partition coefficient (Wildman–Crippen LogP) is 1.28. The molecule has 7 heteroatoms. The summed E-state index contributed by atoms with van der Waals surface area (Å²) in [6.45, 7) is 5.04. The molecule has 98 valence electrons. The molecule has 0 aliphatic rings. The molecule has 0 aliphatic carbocycles. The van der Waals surface area contributed by atoms with Crippen LogP contribution in [-0.2, 0) is 11.2 Å². The van der Waals surface area contributed by atoms with Crippen LogP contribution in [0.4, 0.5) is 0 Å². The van der Waals surface area contributed by atoms with E-state index in [9.17, 15) is 4.79 Å². The third-order valence-corrected chi connectivity index (χ3v) is 3.51. The average Bonchev–Trinajstić information content (AvgIpc) is 2.85. The molecule has 1 N–H and O–H groups in total. The molecule has 0 aliphatic heterocycles. The molecule has 0 bridgehead atoms. The second-order valence-corrected chi connectivity index (χ2v) is 5.63. The molecule has 2 aromatic rings. The molecule has 6 nitrogen and oxygen atoms in total. The fourth-order valence-electron chi connectivity index (χ4n) is 1.51. The van der Waals surface area contributed by atoms with Gasteiger partial charge in [-0.1, -0.05) is 25.2 Å². The van der Waals surface area contributed by atoms with Crippen LogP contribution in [0.3, 0.4) is 0 Å². The van der Waals surface area contributed by atoms with Crippen LogP contribution in [0.2, 0.25) is 0 Å². The van der Waals surface area contributed by atoms with Gasteiger partial charge in [-0.3, -0.25) is 4.79 Å². The number of hydrogen-bond acceptors (Lipinski definition) is 5. The van der Waals surface area contributed by atoms with E-state index >= 15 is 0 Å². The Hall–Kier alpha value is -1.50. The highest BCUT2D eigenvalue weighted by atomic mass is 32.1. The molecule has 0 radical (unpaired) electrons. The average molecular weight is 267 g/mol. The lowest BCUT2D eigenvalue weighted by Crippen LogP contribution is -2.25. The van der Waals surface area contributed by atoms with Crippen molar-refractivity contribution in [1.29, 1.82) is 0 Å². The van der Waals surface area contributed by atoms with E-state index in [4.69, 9.17) is 0 Å². The zero-order valence-corrected chi connectivity index (χ0v) is 11.4. The highest BCUT2D eigenvalue weighted by Gasteiger charge is 2.08. The Balaban J connectivity index is 1.74. The fraction of sp³-hybridized carbons (Fsp3) is 0.636. The minimum absolute atomic E-state index is 0.0848. The van der Waals surface area contributed by atoms with Gasteiger partial charge in [0.15, 0.2) is 0 Å². The van der Waals surface area contributed by atoms with Crippen molar-refractivity contribution in [2.75, 3.05) is 6.54 Å². The van der Waals surface area contributed by atoms with Crippen LogP contribution in [0.25, 0.3) is 4.96 Å². The van der Waals surface area contributed by atoms with Crippen molar-refractivity contribution in [1.82, 2.24) is 25.1 Å². The van der Waals surface area contributed by atoms with Gasteiger partial charge in [0, 0.05) is 19.4 Å². The highest BCUT2D eigenvalue weighted by molar-refractivity contribution is 7.16. The van der Waals surface area contributed by atoms with Crippen LogP contribution in [0, 0.1) is 5.92 Å². The number of amides is 1. The summed E-state index contributed by atoms with van der Waals surface area (Å²) in [4.78, 5) is 12.4. The molecule has 18 heavy (non-hydrogen) atoms. The first-order chi connectivity index (χ1) is 8.65. The highest BCUT2D eigenvalue weighted by Crippen LogP contribution is 2.13. The maximum absolute atomic E-state index is 11.6. The molecule has 2 aromatic heterocycles. The third kappa shape index (κ3) is 3.49. The number of carbonyl (C=O) groups excluding carboxylic acids is 1. The molecule has 0 fully saturated rings. The summed E-state index contributed by atoms with van der Waals surface area (Å²) in [6, 6.07) is 0. The van der Waals surface area contributed by atoms with E-state index in [0.29, 0.717) is 18.8 Å². The zero-order chi connectivity index (χ0) is 13.0. The maximum Gasteiger partial charge on any atom is 0.234 e. The number of aryl methyl sites for hydroxylation is 1. The molecule has 1 amide bonds. The van der Waals surface area contributed by atoms with Crippen LogP contribution in [-0.4, -0.2) is 32.3 Å². The zero-order valence-electron chi connectivity index (χ0n) is 10.6. The molecule has 0 atom stereocenters. The maximum atomic E-state index is 11.6. The smallest absolute Gasteiger partial charge is 0.234 e. The van der Waals surface area contributed by atoms with E-state index in [0.717, 1.165) is 22.9 Å². The Morgan fingerprint density at radius 2 is 2.39 bits per heavy atom. The van der Waals surface area contributed by atoms with E-state index < -0.39 is 0 Å². The minimum Gasteiger partial charge on any atom is -0.356 e. The van der Waals surface area contributed by atoms with E-state index in [1.54, 1.807) is 10.8 Å². The number of fused-ring (bicyclic) bond motifs is 1. The van der Waals surface area contributed by atoms with Crippen molar-refractivity contribution in [3.63, 3.8) is 0 Å². The summed E-state index contributed by atoms with van der Waals surface area (Å²) in [5.74, 6) is 0.700. The molecule has 0 unspecified atom stereocenters. The standard InChI is InChI=1S/C11H17N5OS/c1-8(2)5-6-12-9(17)3-4-10-15-16-7-13-14-11(16)18-10/h7-8H,3-6H2,1-2H3,(H,12,17). The summed E-state index contributed by atoms with van der Waals surface area (Å²) in [5, 5.41) is 15.8. The molecule has 2 rings (SSSR count). The second kappa shape index (κ2) is 5.90. The second-order valence-electron chi connectivity index (χ2n) is 4.59. The Labute approximate surface area is 109 Å². The van der Waals surface area contributed by atoms with Crippen molar-refractivity contribution in [3.8, 4) is 0 Å². The number of nitrogens with one attached hydrogen (secondary N) is 1. The van der Waals surface area contributed by atoms with Crippen LogP contribution >= 0.6 is 11.3 Å². The predicted molar refractivity (Wildman–Crippen MR) is 69.4 cm³/mol. The lowest BCUT2D eigenvalue weighted by Gasteiger charge is -2.06. The van der Waals surface area contributed by atoms with E-state index in [1.807, 2.05) is 0 Å². The van der Waals surface area contributed by atoms with Gasteiger partial charge >= 0.3 is 0 Å². The van der Waals surface area contributed by atoms with Gasteiger partial charge in [0.2, 0.25) is 10.9 Å². The van der Waals surface area contributed by atoms with Gasteiger partial charge in [-0.25, -0.2) is 0 Å². The summed E-state index contributed by atoms with van der Waals surface area (Å²) in [6.07, 6.45) is 3.71. The van der Waals surface area contributed by atoms with Gasteiger partial charge in [0.25, 0.3) is 0 Å². The molecule has 0 saturated heterocycles. The van der Waals surface area contributed by atoms with E-state index in [2.05, 4.69) is 34.5 Å². The van der Waals surface area contributed by atoms with Crippen molar-refractivity contribution in [3.05, 3.63) is 11.3 Å². The van der Waals surface area contributed by atoms with Gasteiger partial charge in [-0.15, -0.1) is 10.2 Å². The molecular formula is C11H17N5OS. The van der Waals surface area contributed by atoms with Gasteiger partial charge in [-0.2, -0.15) is 9.61 Å². The first-order valence-corrected chi connectivity index (χ1v) is 6.89. The van der Waals surface area contributed by atoms with Gasteiger partial charge in [0.05, 0.1) is 0 Å². The quantitative estimate of drug-likeness (QED) is 0.855. The third-order valence-electron chi connectivity index (χ3n) is 2.54. The first kappa shape index (κ1) is 12.9. The normalized spacial score (nSPS) is 11.3. The van der Waals surface area contributed by atoms with Crippen LogP contribution in [0.15, 0.2) is 6.33 Å². The fourth-order valence-corrected chi connectivity index (χ4v) is 2.32.